The van der Waals surface area contributed by atoms with Crippen molar-refractivity contribution in [1.29, 1.82) is 0 Å². The van der Waals surface area contributed by atoms with Crippen LogP contribution in [-0.4, -0.2) is 48.7 Å². The van der Waals surface area contributed by atoms with Gasteiger partial charge in [0.25, 0.3) is 0 Å². The van der Waals surface area contributed by atoms with Crippen LogP contribution in [0.2, 0.25) is 0 Å². The summed E-state index contributed by atoms with van der Waals surface area (Å²) < 4.78 is 10.2. The number of likely N-dealkylation sites (tertiary alicyclic amines) is 1. The Morgan fingerprint density at radius 1 is 1.43 bits per heavy atom. The van der Waals surface area contributed by atoms with Gasteiger partial charge in [0.2, 0.25) is 11.8 Å². The first kappa shape index (κ1) is 17.5. The van der Waals surface area contributed by atoms with Crippen LogP contribution >= 0.6 is 0 Å². The maximum atomic E-state index is 12.6. The minimum atomic E-state index is -0.692. The molecule has 7 heteroatoms. The van der Waals surface area contributed by atoms with Gasteiger partial charge in [-0.25, -0.2) is 0 Å². The third kappa shape index (κ3) is 3.72. The molecule has 0 radical (unpaired) electrons. The first-order valence-electron chi connectivity index (χ1n) is 7.88. The highest BCUT2D eigenvalue weighted by Gasteiger charge is 2.41. The smallest absolute Gasteiger partial charge is 0.227 e. The molecule has 1 aliphatic rings. The van der Waals surface area contributed by atoms with E-state index in [2.05, 4.69) is 5.16 Å². The highest BCUT2D eigenvalue weighted by molar-refractivity contribution is 5.84. The van der Waals surface area contributed by atoms with E-state index in [1.54, 1.807) is 18.9 Å². The molecular weight excluding hydrogens is 298 g/mol. The fraction of sp³-hybridized carbons (Fsp3) is 0.688. The van der Waals surface area contributed by atoms with Crippen molar-refractivity contribution in [2.24, 2.45) is 11.1 Å². The van der Waals surface area contributed by atoms with Crippen molar-refractivity contribution in [3.8, 4) is 0 Å². The molecule has 2 amide bonds. The summed E-state index contributed by atoms with van der Waals surface area (Å²) in [5, 5.41) is 3.88. The second-order valence-corrected chi connectivity index (χ2v) is 6.29. The molecule has 2 rings (SSSR count). The minimum Gasteiger partial charge on any atom is -0.385 e. The number of hydrogen-bond donors (Lipinski definition) is 1. The maximum Gasteiger partial charge on any atom is 0.227 e. The number of carbonyl (C=O) groups is 2. The molecule has 0 spiro atoms. The number of carbonyl (C=O) groups excluding carboxylic acids is 2. The summed E-state index contributed by atoms with van der Waals surface area (Å²) in [5.74, 6) is 0.278. The van der Waals surface area contributed by atoms with Crippen LogP contribution in [0.1, 0.15) is 36.3 Å². The summed E-state index contributed by atoms with van der Waals surface area (Å²) in [6, 6.07) is 0. The van der Waals surface area contributed by atoms with Crippen molar-refractivity contribution in [2.45, 2.75) is 39.5 Å². The molecule has 23 heavy (non-hydrogen) atoms. The van der Waals surface area contributed by atoms with Crippen LogP contribution in [0, 0.1) is 19.3 Å². The van der Waals surface area contributed by atoms with E-state index in [0.717, 1.165) is 17.7 Å². The van der Waals surface area contributed by atoms with E-state index in [0.29, 0.717) is 38.3 Å². The van der Waals surface area contributed by atoms with Crippen molar-refractivity contribution in [1.82, 2.24) is 10.1 Å². The monoisotopic (exact) mass is 323 g/mol. The zero-order valence-corrected chi connectivity index (χ0v) is 14.1. The molecule has 0 aromatic carbocycles. The molecule has 2 N–H and O–H groups in total. The molecule has 1 unspecified atom stereocenters. The van der Waals surface area contributed by atoms with Crippen molar-refractivity contribution < 1.29 is 18.8 Å². The van der Waals surface area contributed by atoms with Gasteiger partial charge in [0.15, 0.2) is 0 Å². The molecule has 1 aromatic heterocycles. The van der Waals surface area contributed by atoms with E-state index >= 15 is 0 Å². The van der Waals surface area contributed by atoms with E-state index < -0.39 is 5.41 Å². The third-order valence-corrected chi connectivity index (χ3v) is 4.75. The van der Waals surface area contributed by atoms with Gasteiger partial charge in [-0.1, -0.05) is 5.16 Å². The first-order chi connectivity index (χ1) is 10.9. The third-order valence-electron chi connectivity index (χ3n) is 4.75. The Morgan fingerprint density at radius 3 is 2.74 bits per heavy atom. The SMILES string of the molecule is COCCC1(C(N)=O)CCCN(C(=O)Cc2c(C)noc2C)C1. The predicted molar refractivity (Wildman–Crippen MR) is 83.6 cm³/mol. The lowest BCUT2D eigenvalue weighted by atomic mass is 9.76. The maximum absolute atomic E-state index is 12.6. The molecule has 128 valence electrons. The molecule has 1 atom stereocenters. The molecule has 1 aromatic rings. The van der Waals surface area contributed by atoms with Gasteiger partial charge in [0.05, 0.1) is 17.5 Å². The molecule has 0 saturated carbocycles. The van der Waals surface area contributed by atoms with Gasteiger partial charge in [-0.05, 0) is 33.1 Å². The molecular formula is C16H25N3O4. The number of amides is 2. The molecule has 0 bridgehead atoms. The number of nitrogens with two attached hydrogens (primary N) is 1. The van der Waals surface area contributed by atoms with Crippen LogP contribution in [0.4, 0.5) is 0 Å². The van der Waals surface area contributed by atoms with Crippen LogP contribution < -0.4 is 5.73 Å². The Labute approximate surface area is 136 Å². The largest absolute Gasteiger partial charge is 0.385 e. The average Bonchev–Trinajstić information content (AvgIpc) is 2.84. The number of nitrogens with zero attached hydrogens (tertiary/aromatic N) is 2. The summed E-state index contributed by atoms with van der Waals surface area (Å²) in [4.78, 5) is 26.3. The highest BCUT2D eigenvalue weighted by atomic mass is 16.5. The topological polar surface area (TPSA) is 98.7 Å². The predicted octanol–water partition coefficient (Wildman–Crippen LogP) is 0.965. The van der Waals surface area contributed by atoms with Gasteiger partial charge in [-0.3, -0.25) is 9.59 Å². The van der Waals surface area contributed by atoms with E-state index in [1.807, 2.05) is 6.92 Å². The zero-order valence-electron chi connectivity index (χ0n) is 14.1. The standard InChI is InChI=1S/C16H25N3O4/c1-11-13(12(2)23-18-11)9-14(20)19-7-4-5-16(10-19,15(17)21)6-8-22-3/h4-10H2,1-3H3,(H2,17,21). The summed E-state index contributed by atoms with van der Waals surface area (Å²) in [7, 11) is 1.60. The van der Waals surface area contributed by atoms with Gasteiger partial charge in [0.1, 0.15) is 5.76 Å². The number of rotatable bonds is 6. The summed E-state index contributed by atoms with van der Waals surface area (Å²) in [6.07, 6.45) is 2.23. The normalized spacial score (nSPS) is 21.4. The van der Waals surface area contributed by atoms with Crippen LogP contribution in [0.3, 0.4) is 0 Å². The Balaban J connectivity index is 2.10. The van der Waals surface area contributed by atoms with Gasteiger partial charge in [-0.15, -0.1) is 0 Å². The minimum absolute atomic E-state index is 0.0258. The van der Waals surface area contributed by atoms with E-state index in [4.69, 9.17) is 15.0 Å². The average molecular weight is 323 g/mol. The summed E-state index contributed by atoms with van der Waals surface area (Å²) >= 11 is 0. The number of ether oxygens (including phenoxy) is 1. The highest BCUT2D eigenvalue weighted by Crippen LogP contribution is 2.33. The molecule has 0 aliphatic carbocycles. The quantitative estimate of drug-likeness (QED) is 0.841. The summed E-state index contributed by atoms with van der Waals surface area (Å²) in [6.45, 7) is 5.07. The number of aryl methyl sites for hydroxylation is 2. The van der Waals surface area contributed by atoms with Gasteiger partial charge in [-0.2, -0.15) is 0 Å². The van der Waals surface area contributed by atoms with Crippen molar-refractivity contribution in [3.05, 3.63) is 17.0 Å². The van der Waals surface area contributed by atoms with Crippen LogP contribution in [0.5, 0.6) is 0 Å². The van der Waals surface area contributed by atoms with Crippen LogP contribution in [0.15, 0.2) is 4.52 Å². The molecule has 1 fully saturated rings. The van der Waals surface area contributed by atoms with Crippen molar-refractivity contribution in [3.63, 3.8) is 0 Å². The molecule has 1 saturated heterocycles. The Morgan fingerprint density at radius 2 is 2.17 bits per heavy atom. The molecule has 1 aliphatic heterocycles. The fourth-order valence-electron chi connectivity index (χ4n) is 3.19. The Hall–Kier alpha value is -1.89. The Kier molecular flexibility index (Phi) is 5.41. The van der Waals surface area contributed by atoms with Crippen molar-refractivity contribution in [2.75, 3.05) is 26.8 Å². The lowest BCUT2D eigenvalue weighted by molar-refractivity contribution is -0.140. The second-order valence-electron chi connectivity index (χ2n) is 6.29. The van der Waals surface area contributed by atoms with E-state index in [9.17, 15) is 9.59 Å². The number of hydrogen-bond acceptors (Lipinski definition) is 5. The lowest BCUT2D eigenvalue weighted by Crippen LogP contribution is -2.53. The van der Waals surface area contributed by atoms with E-state index in [1.165, 1.54) is 0 Å². The molecule has 2 heterocycles. The van der Waals surface area contributed by atoms with Crippen molar-refractivity contribution >= 4 is 11.8 Å². The first-order valence-corrected chi connectivity index (χ1v) is 7.88. The van der Waals surface area contributed by atoms with Gasteiger partial charge >= 0.3 is 0 Å². The van der Waals surface area contributed by atoms with Gasteiger partial charge in [0, 0.05) is 32.4 Å². The molecule has 7 nitrogen and oxygen atoms in total. The van der Waals surface area contributed by atoms with Gasteiger partial charge < -0.3 is 19.9 Å². The van der Waals surface area contributed by atoms with E-state index in [-0.39, 0.29) is 18.2 Å². The van der Waals surface area contributed by atoms with Crippen LogP contribution in [0.25, 0.3) is 0 Å². The fourth-order valence-corrected chi connectivity index (χ4v) is 3.19. The zero-order chi connectivity index (χ0) is 17.0. The second kappa shape index (κ2) is 7.12. The Bertz CT molecular complexity index is 564. The number of aromatic nitrogens is 1. The number of piperidine rings is 1. The number of methoxy groups -OCH3 is 1. The summed E-state index contributed by atoms with van der Waals surface area (Å²) in [5.41, 5.74) is 6.49. The number of primary amides is 1. The lowest BCUT2D eigenvalue weighted by Gasteiger charge is -2.40. The van der Waals surface area contributed by atoms with Crippen LogP contribution in [-0.2, 0) is 20.7 Å².